The fourth-order valence-corrected chi connectivity index (χ4v) is 4.27. The third-order valence-electron chi connectivity index (χ3n) is 5.11. The Morgan fingerprint density at radius 3 is 2.66 bits per heavy atom. The number of carbonyl (C=O) groups is 1. The van der Waals surface area contributed by atoms with Crippen molar-refractivity contribution in [3.63, 3.8) is 0 Å². The first-order valence-electron chi connectivity index (χ1n) is 9.82. The van der Waals surface area contributed by atoms with Crippen LogP contribution in [0.3, 0.4) is 0 Å². The van der Waals surface area contributed by atoms with E-state index in [9.17, 15) is 23.7 Å². The maximum Gasteiger partial charge on any atom is 0.292 e. The van der Waals surface area contributed by atoms with Crippen molar-refractivity contribution >= 4 is 33.8 Å². The van der Waals surface area contributed by atoms with Crippen molar-refractivity contribution in [1.82, 2.24) is 9.88 Å². The van der Waals surface area contributed by atoms with Crippen LogP contribution in [-0.4, -0.2) is 53.4 Å². The van der Waals surface area contributed by atoms with Gasteiger partial charge in [-0.05, 0) is 24.3 Å². The second-order valence-electron chi connectivity index (χ2n) is 7.22. The number of halogens is 2. The Hall–Kier alpha value is -3.44. The van der Waals surface area contributed by atoms with Crippen LogP contribution in [0.1, 0.15) is 0 Å². The van der Waals surface area contributed by atoms with Crippen LogP contribution in [0.15, 0.2) is 47.8 Å². The fraction of sp³-hybridized carbons (Fsp3) is 0.238. The summed E-state index contributed by atoms with van der Waals surface area (Å²) in [5, 5.41) is 15.8. The molecule has 1 aromatic heterocycles. The van der Waals surface area contributed by atoms with Crippen LogP contribution in [0, 0.1) is 21.7 Å². The average Bonchev–Trinajstić information content (AvgIpc) is 3.24. The molecule has 8 nitrogen and oxygen atoms in total. The predicted octanol–water partition coefficient (Wildman–Crippen LogP) is 3.76. The van der Waals surface area contributed by atoms with E-state index >= 15 is 0 Å². The Kier molecular flexibility index (Phi) is 6.37. The lowest BCUT2D eigenvalue weighted by Gasteiger charge is -2.35. The average molecular weight is 459 g/mol. The number of nitrogens with one attached hydrogen (secondary N) is 1. The molecule has 0 saturated carbocycles. The number of amides is 1. The van der Waals surface area contributed by atoms with E-state index in [1.165, 1.54) is 6.07 Å². The number of anilines is 2. The van der Waals surface area contributed by atoms with Gasteiger partial charge in [-0.2, -0.15) is 0 Å². The smallest absolute Gasteiger partial charge is 0.292 e. The number of nitro groups is 1. The molecular formula is C21H19F2N5O3S. The molecule has 1 N–H and O–H groups in total. The maximum atomic E-state index is 13.9. The number of aromatic nitrogens is 1. The van der Waals surface area contributed by atoms with E-state index in [1.54, 1.807) is 23.6 Å². The monoisotopic (exact) mass is 459 g/mol. The lowest BCUT2D eigenvalue weighted by molar-refractivity contribution is -0.384. The number of benzene rings is 2. The van der Waals surface area contributed by atoms with E-state index in [0.29, 0.717) is 37.0 Å². The van der Waals surface area contributed by atoms with Crippen molar-refractivity contribution < 1.29 is 18.5 Å². The van der Waals surface area contributed by atoms with E-state index in [1.807, 2.05) is 9.80 Å². The fourth-order valence-electron chi connectivity index (χ4n) is 3.54. The molecule has 2 aromatic carbocycles. The van der Waals surface area contributed by atoms with Gasteiger partial charge in [0.2, 0.25) is 5.91 Å². The summed E-state index contributed by atoms with van der Waals surface area (Å²) in [6, 6.07) is 9.73. The highest BCUT2D eigenvalue weighted by Crippen LogP contribution is 2.29. The summed E-state index contributed by atoms with van der Waals surface area (Å²) in [6.07, 6.45) is 0. The SMILES string of the molecule is O=C(CN1CCN(c2ccccc2[N+](=O)[O-])CC1)Nc1nc(-c2cc(F)ccc2F)cs1. The van der Waals surface area contributed by atoms with Gasteiger partial charge in [0.15, 0.2) is 5.13 Å². The summed E-state index contributed by atoms with van der Waals surface area (Å²) in [7, 11) is 0. The van der Waals surface area contributed by atoms with Gasteiger partial charge in [0.1, 0.15) is 17.3 Å². The van der Waals surface area contributed by atoms with Crippen LogP contribution in [0.5, 0.6) is 0 Å². The van der Waals surface area contributed by atoms with Crippen molar-refractivity contribution in [1.29, 1.82) is 0 Å². The highest BCUT2D eigenvalue weighted by Gasteiger charge is 2.24. The van der Waals surface area contributed by atoms with Crippen LogP contribution < -0.4 is 10.2 Å². The molecule has 4 rings (SSSR count). The Labute approximate surface area is 186 Å². The molecular weight excluding hydrogens is 440 g/mol. The minimum atomic E-state index is -0.592. The maximum absolute atomic E-state index is 13.9. The Morgan fingerprint density at radius 2 is 1.91 bits per heavy atom. The molecule has 2 heterocycles. The molecule has 0 spiro atoms. The minimum absolute atomic E-state index is 0.0351. The summed E-state index contributed by atoms with van der Waals surface area (Å²) >= 11 is 1.13. The second-order valence-corrected chi connectivity index (χ2v) is 8.08. The van der Waals surface area contributed by atoms with Crippen molar-refractivity contribution in [2.75, 3.05) is 42.9 Å². The lowest BCUT2D eigenvalue weighted by atomic mass is 10.1. The molecule has 1 aliphatic heterocycles. The zero-order valence-electron chi connectivity index (χ0n) is 16.8. The standard InChI is InChI=1S/C21H19F2N5O3S/c22-14-5-6-16(23)15(11-14)17-13-32-21(24-17)25-20(29)12-26-7-9-27(10-8-26)18-3-1-2-4-19(18)28(30)31/h1-6,11,13H,7-10,12H2,(H,24,25,29). The molecule has 1 saturated heterocycles. The number of hydrogen-bond donors (Lipinski definition) is 1. The van der Waals surface area contributed by atoms with Crippen LogP contribution in [0.25, 0.3) is 11.3 Å². The molecule has 1 aliphatic rings. The van der Waals surface area contributed by atoms with E-state index in [2.05, 4.69) is 10.3 Å². The van der Waals surface area contributed by atoms with Gasteiger partial charge in [-0.15, -0.1) is 11.3 Å². The van der Waals surface area contributed by atoms with Gasteiger partial charge in [0.05, 0.1) is 17.2 Å². The molecule has 3 aromatic rings. The van der Waals surface area contributed by atoms with Crippen LogP contribution >= 0.6 is 11.3 Å². The largest absolute Gasteiger partial charge is 0.363 e. The first kappa shape index (κ1) is 21.8. The number of carbonyl (C=O) groups excluding carboxylic acids is 1. The molecule has 1 fully saturated rings. The van der Waals surface area contributed by atoms with Gasteiger partial charge < -0.3 is 10.2 Å². The lowest BCUT2D eigenvalue weighted by Crippen LogP contribution is -2.48. The summed E-state index contributed by atoms with van der Waals surface area (Å²) in [4.78, 5) is 31.3. The Morgan fingerprint density at radius 1 is 1.16 bits per heavy atom. The van der Waals surface area contributed by atoms with Gasteiger partial charge in [-0.25, -0.2) is 13.8 Å². The molecule has 32 heavy (non-hydrogen) atoms. The summed E-state index contributed by atoms with van der Waals surface area (Å²) in [5.74, 6) is -1.43. The van der Waals surface area contributed by atoms with Crippen LogP contribution in [0.2, 0.25) is 0 Å². The van der Waals surface area contributed by atoms with Crippen molar-refractivity contribution in [2.45, 2.75) is 0 Å². The Bertz CT molecular complexity index is 1150. The predicted molar refractivity (Wildman–Crippen MR) is 118 cm³/mol. The van der Waals surface area contributed by atoms with Gasteiger partial charge in [0.25, 0.3) is 5.69 Å². The van der Waals surface area contributed by atoms with Crippen LogP contribution in [0.4, 0.5) is 25.3 Å². The van der Waals surface area contributed by atoms with Gasteiger partial charge in [0, 0.05) is 43.2 Å². The Balaban J connectivity index is 1.32. The molecule has 0 atom stereocenters. The van der Waals surface area contributed by atoms with Gasteiger partial charge >= 0.3 is 0 Å². The molecule has 0 radical (unpaired) electrons. The summed E-state index contributed by atoms with van der Waals surface area (Å²) in [6.45, 7) is 2.37. The van der Waals surface area contributed by atoms with Gasteiger partial charge in [-0.3, -0.25) is 19.8 Å². The summed E-state index contributed by atoms with van der Waals surface area (Å²) < 4.78 is 27.3. The number of thiazole rings is 1. The number of nitro benzene ring substituents is 1. The third-order valence-corrected chi connectivity index (χ3v) is 5.87. The molecule has 11 heteroatoms. The molecule has 0 unspecified atom stereocenters. The highest BCUT2D eigenvalue weighted by molar-refractivity contribution is 7.14. The molecule has 0 aliphatic carbocycles. The third kappa shape index (κ3) is 4.89. The van der Waals surface area contributed by atoms with Crippen molar-refractivity contribution in [3.8, 4) is 11.3 Å². The van der Waals surface area contributed by atoms with Gasteiger partial charge in [-0.1, -0.05) is 12.1 Å². The first-order chi connectivity index (χ1) is 15.4. The number of rotatable bonds is 6. The van der Waals surface area contributed by atoms with E-state index in [4.69, 9.17) is 0 Å². The number of para-hydroxylation sites is 2. The zero-order valence-corrected chi connectivity index (χ0v) is 17.6. The summed E-state index contributed by atoms with van der Waals surface area (Å²) in [5.41, 5.74) is 0.919. The number of hydrogen-bond acceptors (Lipinski definition) is 7. The second kappa shape index (κ2) is 9.37. The quantitative estimate of drug-likeness (QED) is 0.446. The van der Waals surface area contributed by atoms with E-state index in [-0.39, 0.29) is 29.4 Å². The topological polar surface area (TPSA) is 91.6 Å². The normalized spacial score (nSPS) is 14.4. The van der Waals surface area contributed by atoms with E-state index in [0.717, 1.165) is 29.5 Å². The highest BCUT2D eigenvalue weighted by atomic mass is 32.1. The van der Waals surface area contributed by atoms with E-state index < -0.39 is 16.6 Å². The van der Waals surface area contributed by atoms with Crippen molar-refractivity contribution in [2.24, 2.45) is 0 Å². The van der Waals surface area contributed by atoms with Crippen molar-refractivity contribution in [3.05, 3.63) is 69.6 Å². The molecule has 166 valence electrons. The first-order valence-corrected chi connectivity index (χ1v) is 10.7. The minimum Gasteiger partial charge on any atom is -0.363 e. The molecule has 1 amide bonds. The number of nitrogens with zero attached hydrogens (tertiary/aromatic N) is 4. The zero-order chi connectivity index (χ0) is 22.7. The van der Waals surface area contributed by atoms with Crippen LogP contribution in [-0.2, 0) is 4.79 Å². The molecule has 0 bridgehead atoms. The number of piperazine rings is 1.